The number of nitrogens with zero attached hydrogens (tertiary/aromatic N) is 4. The van der Waals surface area contributed by atoms with Crippen molar-refractivity contribution >= 4 is 22.9 Å². The summed E-state index contributed by atoms with van der Waals surface area (Å²) in [5.74, 6) is -0.307. The molecule has 0 saturated carbocycles. The predicted octanol–water partition coefficient (Wildman–Crippen LogP) is 3.37. The van der Waals surface area contributed by atoms with E-state index in [0.29, 0.717) is 12.5 Å². The lowest BCUT2D eigenvalue weighted by Crippen LogP contribution is -2.17. The van der Waals surface area contributed by atoms with Gasteiger partial charge in [0.05, 0.1) is 16.6 Å². The van der Waals surface area contributed by atoms with Gasteiger partial charge in [-0.15, -0.1) is 0 Å². The summed E-state index contributed by atoms with van der Waals surface area (Å²) in [7, 11) is 1.50. The van der Waals surface area contributed by atoms with Crippen molar-refractivity contribution in [2.24, 2.45) is 7.05 Å². The first-order valence-corrected chi connectivity index (χ1v) is 7.59. The van der Waals surface area contributed by atoms with Crippen molar-refractivity contribution in [3.8, 4) is 0 Å². The lowest BCUT2D eigenvalue weighted by atomic mass is 10.2. The second-order valence-electron chi connectivity index (χ2n) is 5.43. The number of fused-ring (bicyclic) bond motifs is 1. The number of hydrogen-bond donors (Lipinski definition) is 1. The highest BCUT2D eigenvalue weighted by molar-refractivity contribution is 6.04. The Balaban J connectivity index is 1.98. The number of imidazole rings is 1. The second kappa shape index (κ2) is 6.38. The summed E-state index contributed by atoms with van der Waals surface area (Å²) in [5, 5.41) is 6.29. The highest BCUT2D eigenvalue weighted by atomic mass is 19.3. The van der Waals surface area contributed by atoms with Crippen LogP contribution in [0.3, 0.4) is 0 Å². The molecule has 1 N–H and O–H groups in total. The molecule has 0 fully saturated rings. The van der Waals surface area contributed by atoms with Crippen LogP contribution >= 0.6 is 0 Å². The van der Waals surface area contributed by atoms with E-state index in [9.17, 15) is 13.6 Å². The number of carbonyl (C=O) groups excluding carboxylic acids is 1. The third kappa shape index (κ3) is 2.86. The number of amides is 1. The van der Waals surface area contributed by atoms with Crippen LogP contribution in [-0.4, -0.2) is 25.2 Å². The van der Waals surface area contributed by atoms with E-state index in [0.717, 1.165) is 17.5 Å². The maximum absolute atomic E-state index is 13.0. The van der Waals surface area contributed by atoms with E-state index in [2.05, 4.69) is 15.4 Å². The summed E-state index contributed by atoms with van der Waals surface area (Å²) < 4.78 is 29.1. The van der Waals surface area contributed by atoms with Crippen LogP contribution in [0.5, 0.6) is 0 Å². The molecular formula is C16H17F2N5O. The molecule has 24 heavy (non-hydrogen) atoms. The molecule has 8 heteroatoms. The molecular weight excluding hydrogens is 316 g/mol. The van der Waals surface area contributed by atoms with E-state index in [4.69, 9.17) is 0 Å². The molecule has 2 aromatic heterocycles. The zero-order valence-electron chi connectivity index (χ0n) is 13.3. The zero-order chi connectivity index (χ0) is 17.3. The lowest BCUT2D eigenvalue weighted by Gasteiger charge is -2.08. The standard InChI is InChI=1S/C16H17F2N5O/c1-3-8-23-12-7-5-4-6-11(12)19-16(23)20-15(24)10-9-22(2)21-13(10)14(17)18/h4-7,9,14H,3,8H2,1-2H3,(H,19,20,24). The number of benzene rings is 1. The normalized spacial score (nSPS) is 11.4. The summed E-state index contributed by atoms with van der Waals surface area (Å²) in [6.45, 7) is 2.67. The molecule has 0 bridgehead atoms. The fraction of sp³-hybridized carbons (Fsp3) is 0.312. The third-order valence-corrected chi connectivity index (χ3v) is 3.64. The largest absolute Gasteiger partial charge is 0.310 e. The Bertz CT molecular complexity index is 884. The molecule has 0 aliphatic carbocycles. The summed E-state index contributed by atoms with van der Waals surface area (Å²) in [4.78, 5) is 16.8. The minimum Gasteiger partial charge on any atom is -0.310 e. The van der Waals surface area contributed by atoms with Crippen LogP contribution in [0.25, 0.3) is 11.0 Å². The number of nitrogens with one attached hydrogen (secondary N) is 1. The Kier molecular flexibility index (Phi) is 4.28. The van der Waals surface area contributed by atoms with Crippen molar-refractivity contribution < 1.29 is 13.6 Å². The number of carbonyl (C=O) groups is 1. The smallest absolute Gasteiger partial charge is 0.282 e. The first-order valence-electron chi connectivity index (χ1n) is 7.59. The first kappa shape index (κ1) is 16.1. The molecule has 2 heterocycles. The van der Waals surface area contributed by atoms with Gasteiger partial charge in [0.25, 0.3) is 12.3 Å². The Morgan fingerprint density at radius 3 is 2.79 bits per heavy atom. The third-order valence-electron chi connectivity index (χ3n) is 3.64. The Hall–Kier alpha value is -2.77. The molecule has 3 aromatic rings. The zero-order valence-corrected chi connectivity index (χ0v) is 13.3. The maximum atomic E-state index is 13.0. The minimum absolute atomic E-state index is 0.150. The number of halogens is 2. The van der Waals surface area contributed by atoms with Gasteiger partial charge < -0.3 is 4.57 Å². The summed E-state index contributed by atoms with van der Waals surface area (Å²) in [5.41, 5.74) is 0.937. The van der Waals surface area contributed by atoms with Gasteiger partial charge in [0.1, 0.15) is 5.69 Å². The van der Waals surface area contributed by atoms with Gasteiger partial charge in [-0.25, -0.2) is 13.8 Å². The van der Waals surface area contributed by atoms with Gasteiger partial charge >= 0.3 is 0 Å². The van der Waals surface area contributed by atoms with Crippen LogP contribution < -0.4 is 5.32 Å². The molecule has 126 valence electrons. The number of para-hydroxylation sites is 2. The van der Waals surface area contributed by atoms with Gasteiger partial charge in [-0.05, 0) is 18.6 Å². The van der Waals surface area contributed by atoms with Crippen LogP contribution in [-0.2, 0) is 13.6 Å². The van der Waals surface area contributed by atoms with Gasteiger partial charge in [-0.1, -0.05) is 19.1 Å². The van der Waals surface area contributed by atoms with Crippen molar-refractivity contribution in [3.63, 3.8) is 0 Å². The van der Waals surface area contributed by atoms with Crippen molar-refractivity contribution in [1.29, 1.82) is 0 Å². The average molecular weight is 333 g/mol. The number of anilines is 1. The Morgan fingerprint density at radius 1 is 1.33 bits per heavy atom. The average Bonchev–Trinajstić information content (AvgIpc) is 3.09. The van der Waals surface area contributed by atoms with Crippen LogP contribution in [0, 0.1) is 0 Å². The molecule has 0 saturated heterocycles. The van der Waals surface area contributed by atoms with E-state index in [1.807, 2.05) is 35.8 Å². The van der Waals surface area contributed by atoms with Crippen molar-refractivity contribution in [2.45, 2.75) is 26.3 Å². The summed E-state index contributed by atoms with van der Waals surface area (Å²) >= 11 is 0. The lowest BCUT2D eigenvalue weighted by molar-refractivity contribution is 0.101. The van der Waals surface area contributed by atoms with Gasteiger partial charge in [-0.3, -0.25) is 14.8 Å². The van der Waals surface area contributed by atoms with E-state index < -0.39 is 18.0 Å². The van der Waals surface area contributed by atoms with Crippen molar-refractivity contribution in [3.05, 3.63) is 41.7 Å². The Labute approximate surface area is 137 Å². The number of hydrogen-bond acceptors (Lipinski definition) is 3. The van der Waals surface area contributed by atoms with E-state index in [1.165, 1.54) is 17.9 Å². The van der Waals surface area contributed by atoms with E-state index in [1.54, 1.807) is 0 Å². The number of alkyl halides is 2. The molecule has 6 nitrogen and oxygen atoms in total. The monoisotopic (exact) mass is 333 g/mol. The molecule has 1 aromatic carbocycles. The summed E-state index contributed by atoms with van der Waals surface area (Å²) in [6.07, 6.45) is -0.691. The SMILES string of the molecule is CCCn1c(NC(=O)c2cn(C)nc2C(F)F)nc2ccccc21. The molecule has 0 atom stereocenters. The molecule has 0 unspecified atom stereocenters. The van der Waals surface area contributed by atoms with Crippen LogP contribution in [0.2, 0.25) is 0 Å². The molecule has 3 rings (SSSR count). The summed E-state index contributed by atoms with van der Waals surface area (Å²) in [6, 6.07) is 7.49. The van der Waals surface area contributed by atoms with Gasteiger partial charge in [-0.2, -0.15) is 5.10 Å². The van der Waals surface area contributed by atoms with Gasteiger partial charge in [0.2, 0.25) is 5.95 Å². The maximum Gasteiger partial charge on any atom is 0.282 e. The van der Waals surface area contributed by atoms with Gasteiger partial charge in [0.15, 0.2) is 0 Å². The fourth-order valence-corrected chi connectivity index (χ4v) is 2.63. The molecule has 1 amide bonds. The molecule has 0 radical (unpaired) electrons. The van der Waals surface area contributed by atoms with Crippen molar-refractivity contribution in [2.75, 3.05) is 5.32 Å². The van der Waals surface area contributed by atoms with Crippen LogP contribution in [0.1, 0.15) is 35.8 Å². The van der Waals surface area contributed by atoms with E-state index in [-0.39, 0.29) is 5.56 Å². The quantitative estimate of drug-likeness (QED) is 0.778. The minimum atomic E-state index is -2.82. The molecule has 0 aliphatic heterocycles. The van der Waals surface area contributed by atoms with E-state index >= 15 is 0 Å². The van der Waals surface area contributed by atoms with Crippen LogP contribution in [0.15, 0.2) is 30.5 Å². The predicted molar refractivity (Wildman–Crippen MR) is 86.1 cm³/mol. The highest BCUT2D eigenvalue weighted by Crippen LogP contribution is 2.24. The number of rotatable bonds is 5. The highest BCUT2D eigenvalue weighted by Gasteiger charge is 2.24. The van der Waals surface area contributed by atoms with Crippen molar-refractivity contribution in [1.82, 2.24) is 19.3 Å². The number of aryl methyl sites for hydroxylation is 2. The fourth-order valence-electron chi connectivity index (χ4n) is 2.63. The first-order chi connectivity index (χ1) is 11.5. The molecule has 0 spiro atoms. The number of aromatic nitrogens is 4. The van der Waals surface area contributed by atoms with Crippen LogP contribution in [0.4, 0.5) is 14.7 Å². The Morgan fingerprint density at radius 2 is 2.08 bits per heavy atom. The topological polar surface area (TPSA) is 64.7 Å². The second-order valence-corrected chi connectivity index (χ2v) is 5.43. The molecule has 0 aliphatic rings. The van der Waals surface area contributed by atoms with Gasteiger partial charge in [0, 0.05) is 19.8 Å².